The molecule has 0 saturated heterocycles. The number of hydrogen-bond donors (Lipinski definition) is 0. The fourth-order valence-electron chi connectivity index (χ4n) is 5.21. The lowest BCUT2D eigenvalue weighted by Gasteiger charge is -2.10. The molecule has 0 bridgehead atoms. The molecule has 0 heterocycles. The van der Waals surface area contributed by atoms with E-state index in [0.717, 1.165) is 25.7 Å². The molecule has 0 aliphatic heterocycles. The molecule has 1 aromatic rings. The number of esters is 2. The molecule has 1 rings (SSSR count). The Bertz CT molecular complexity index is 668. The van der Waals surface area contributed by atoms with E-state index in [1.165, 1.54) is 128 Å². The number of ether oxygens (including phenoxy) is 2. The van der Waals surface area contributed by atoms with Crippen molar-refractivity contribution in [3.05, 3.63) is 35.4 Å². The van der Waals surface area contributed by atoms with E-state index in [9.17, 15) is 9.59 Å². The second kappa shape index (κ2) is 27.3. The maximum Gasteiger partial charge on any atom is 0.339 e. The van der Waals surface area contributed by atoms with Crippen LogP contribution in [0.15, 0.2) is 24.3 Å². The van der Waals surface area contributed by atoms with Gasteiger partial charge in [0.05, 0.1) is 24.3 Å². The van der Waals surface area contributed by atoms with Crippen LogP contribution in [0.3, 0.4) is 0 Å². The van der Waals surface area contributed by atoms with E-state index in [1.54, 1.807) is 24.3 Å². The third-order valence-electron chi connectivity index (χ3n) is 7.83. The molecule has 0 fully saturated rings. The van der Waals surface area contributed by atoms with Crippen LogP contribution < -0.4 is 0 Å². The van der Waals surface area contributed by atoms with Gasteiger partial charge in [0.25, 0.3) is 0 Å². The van der Waals surface area contributed by atoms with Gasteiger partial charge in [0.2, 0.25) is 0 Å². The first kappa shape index (κ1) is 36.2. The van der Waals surface area contributed by atoms with Crippen LogP contribution in [-0.4, -0.2) is 25.2 Å². The minimum absolute atomic E-state index is 0.307. The first-order chi connectivity index (χ1) is 19.7. The van der Waals surface area contributed by atoms with Crippen molar-refractivity contribution in [3.63, 3.8) is 0 Å². The Hall–Kier alpha value is -1.84. The van der Waals surface area contributed by atoms with E-state index in [-0.39, 0.29) is 0 Å². The van der Waals surface area contributed by atoms with Gasteiger partial charge in [0, 0.05) is 0 Å². The van der Waals surface area contributed by atoms with Crippen molar-refractivity contribution in [1.82, 2.24) is 0 Å². The topological polar surface area (TPSA) is 52.6 Å². The second-order valence-corrected chi connectivity index (χ2v) is 11.6. The van der Waals surface area contributed by atoms with Crippen molar-refractivity contribution >= 4 is 11.9 Å². The van der Waals surface area contributed by atoms with Crippen molar-refractivity contribution in [2.45, 2.75) is 168 Å². The van der Waals surface area contributed by atoms with Gasteiger partial charge in [0.1, 0.15) is 0 Å². The second-order valence-electron chi connectivity index (χ2n) is 11.6. The van der Waals surface area contributed by atoms with Gasteiger partial charge >= 0.3 is 11.9 Å². The van der Waals surface area contributed by atoms with Crippen molar-refractivity contribution in [2.75, 3.05) is 13.2 Å². The molecule has 0 aromatic heterocycles. The average molecular weight is 559 g/mol. The zero-order chi connectivity index (χ0) is 28.9. The molecule has 230 valence electrons. The Morgan fingerprint density at radius 3 is 0.950 bits per heavy atom. The summed E-state index contributed by atoms with van der Waals surface area (Å²) in [6, 6.07) is 6.85. The highest BCUT2D eigenvalue weighted by atomic mass is 16.5. The van der Waals surface area contributed by atoms with E-state index in [2.05, 4.69) is 13.8 Å². The zero-order valence-corrected chi connectivity index (χ0v) is 26.3. The predicted octanol–water partition coefficient (Wildman–Crippen LogP) is 11.4. The van der Waals surface area contributed by atoms with Crippen LogP contribution in [0.2, 0.25) is 0 Å². The fourth-order valence-corrected chi connectivity index (χ4v) is 5.21. The summed E-state index contributed by atoms with van der Waals surface area (Å²) in [4.78, 5) is 25.3. The normalized spacial score (nSPS) is 11.1. The molecule has 1 aromatic carbocycles. The minimum Gasteiger partial charge on any atom is -0.462 e. The van der Waals surface area contributed by atoms with E-state index in [0.29, 0.717) is 24.3 Å². The van der Waals surface area contributed by atoms with Crippen molar-refractivity contribution in [1.29, 1.82) is 0 Å². The molecule has 0 unspecified atom stereocenters. The van der Waals surface area contributed by atoms with Gasteiger partial charge in [-0.05, 0) is 25.0 Å². The largest absolute Gasteiger partial charge is 0.462 e. The van der Waals surface area contributed by atoms with Crippen LogP contribution in [0.1, 0.15) is 189 Å². The first-order valence-electron chi connectivity index (χ1n) is 17.1. The number of hydrogen-bond acceptors (Lipinski definition) is 4. The van der Waals surface area contributed by atoms with E-state index >= 15 is 0 Å². The molecule has 0 aliphatic rings. The van der Waals surface area contributed by atoms with Gasteiger partial charge in [-0.15, -0.1) is 0 Å². The van der Waals surface area contributed by atoms with Gasteiger partial charge in [-0.3, -0.25) is 0 Å². The van der Waals surface area contributed by atoms with Crippen LogP contribution >= 0.6 is 0 Å². The van der Waals surface area contributed by atoms with Gasteiger partial charge in [0.15, 0.2) is 0 Å². The molecule has 0 amide bonds. The maximum absolute atomic E-state index is 12.6. The summed E-state index contributed by atoms with van der Waals surface area (Å²) in [6.45, 7) is 5.33. The molecule has 0 atom stereocenters. The smallest absolute Gasteiger partial charge is 0.339 e. The molecule has 4 nitrogen and oxygen atoms in total. The van der Waals surface area contributed by atoms with Gasteiger partial charge < -0.3 is 9.47 Å². The molecule has 0 radical (unpaired) electrons. The van der Waals surface area contributed by atoms with Crippen molar-refractivity contribution < 1.29 is 19.1 Å². The van der Waals surface area contributed by atoms with Gasteiger partial charge in [-0.2, -0.15) is 0 Å². The van der Waals surface area contributed by atoms with E-state index in [4.69, 9.17) is 9.47 Å². The van der Waals surface area contributed by atoms with Crippen LogP contribution in [0, 0.1) is 0 Å². The summed E-state index contributed by atoms with van der Waals surface area (Å²) >= 11 is 0. The lowest BCUT2D eigenvalue weighted by molar-refractivity contribution is 0.0450. The molecule has 0 saturated carbocycles. The predicted molar refractivity (Wildman–Crippen MR) is 169 cm³/mol. The summed E-state index contributed by atoms with van der Waals surface area (Å²) in [5.74, 6) is -0.859. The lowest BCUT2D eigenvalue weighted by Crippen LogP contribution is -2.15. The summed E-state index contributed by atoms with van der Waals surface area (Å²) in [5, 5.41) is 0. The zero-order valence-electron chi connectivity index (χ0n) is 26.3. The molecule has 40 heavy (non-hydrogen) atoms. The van der Waals surface area contributed by atoms with Crippen LogP contribution in [-0.2, 0) is 9.47 Å². The maximum atomic E-state index is 12.6. The number of carbonyl (C=O) groups is 2. The molecular weight excluding hydrogens is 496 g/mol. The third-order valence-corrected chi connectivity index (χ3v) is 7.83. The molecule has 4 heteroatoms. The number of benzene rings is 1. The van der Waals surface area contributed by atoms with Crippen LogP contribution in [0.25, 0.3) is 0 Å². The van der Waals surface area contributed by atoms with Gasteiger partial charge in [-0.25, -0.2) is 9.59 Å². The Balaban J connectivity index is 2.09. The highest BCUT2D eigenvalue weighted by Crippen LogP contribution is 2.16. The third kappa shape index (κ3) is 20.1. The summed E-state index contributed by atoms with van der Waals surface area (Å²) in [6.07, 6.45) is 30.5. The van der Waals surface area contributed by atoms with Gasteiger partial charge in [-0.1, -0.05) is 167 Å². The molecular formula is C36H62O4. The summed E-state index contributed by atoms with van der Waals surface area (Å²) in [5.41, 5.74) is 0.613. The Labute approximate surface area is 247 Å². The molecule has 0 aliphatic carbocycles. The van der Waals surface area contributed by atoms with Crippen LogP contribution in [0.4, 0.5) is 0 Å². The molecule has 0 spiro atoms. The average Bonchev–Trinajstić information content (AvgIpc) is 2.97. The number of rotatable bonds is 28. The monoisotopic (exact) mass is 558 g/mol. The quantitative estimate of drug-likeness (QED) is 0.0758. The fraction of sp³-hybridized carbons (Fsp3) is 0.778. The molecule has 0 N–H and O–H groups in total. The Kier molecular flexibility index (Phi) is 24.7. The SMILES string of the molecule is CCCCCCCCCCCCCCOC(=O)c1ccccc1C(=O)OCCCCCCCCCCCCCC. The number of unbranched alkanes of at least 4 members (excludes halogenated alkanes) is 22. The summed E-state index contributed by atoms with van der Waals surface area (Å²) in [7, 11) is 0. The van der Waals surface area contributed by atoms with E-state index < -0.39 is 11.9 Å². The van der Waals surface area contributed by atoms with E-state index in [1.807, 2.05) is 0 Å². The highest BCUT2D eigenvalue weighted by Gasteiger charge is 2.18. The number of carbonyl (C=O) groups excluding carboxylic acids is 2. The minimum atomic E-state index is -0.430. The van der Waals surface area contributed by atoms with Crippen molar-refractivity contribution in [3.8, 4) is 0 Å². The Morgan fingerprint density at radius 1 is 0.425 bits per heavy atom. The lowest BCUT2D eigenvalue weighted by atomic mass is 10.1. The standard InChI is InChI=1S/C36H62O4/c1-3-5-7-9-11-13-15-17-19-21-23-27-31-39-35(37)33-29-25-26-30-34(33)36(38)40-32-28-24-22-20-18-16-14-12-10-8-6-4-2/h25-26,29-30H,3-24,27-28,31-32H2,1-2H3. The Morgan fingerprint density at radius 2 is 0.675 bits per heavy atom. The first-order valence-corrected chi connectivity index (χ1v) is 17.1. The van der Waals surface area contributed by atoms with Crippen molar-refractivity contribution in [2.24, 2.45) is 0 Å². The summed E-state index contributed by atoms with van der Waals surface area (Å²) < 4.78 is 11.0. The highest BCUT2D eigenvalue weighted by molar-refractivity contribution is 6.03. The van der Waals surface area contributed by atoms with Crippen LogP contribution in [0.5, 0.6) is 0 Å².